The summed E-state index contributed by atoms with van der Waals surface area (Å²) in [5.41, 5.74) is 4.33. The van der Waals surface area contributed by atoms with Crippen LogP contribution in [0.5, 0.6) is 5.75 Å². The second-order valence-corrected chi connectivity index (χ2v) is 9.72. The summed E-state index contributed by atoms with van der Waals surface area (Å²) in [6, 6.07) is 18.6. The van der Waals surface area contributed by atoms with E-state index in [4.69, 9.17) is 9.72 Å². The minimum absolute atomic E-state index is 0.328. The Balaban J connectivity index is 1.43. The predicted octanol–water partition coefficient (Wildman–Crippen LogP) is 5.43. The van der Waals surface area contributed by atoms with Gasteiger partial charge in [0, 0.05) is 42.4 Å². The topological polar surface area (TPSA) is 121 Å². The third-order valence-electron chi connectivity index (χ3n) is 6.34. The van der Waals surface area contributed by atoms with E-state index in [1.54, 1.807) is 18.3 Å². The number of nitrogens with one attached hydrogen (secondary N) is 3. The monoisotopic (exact) mass is 561 g/mol. The number of hydrogen-bond donors (Lipinski definition) is 3. The number of hydrogen-bond acceptors (Lipinski definition) is 8. The van der Waals surface area contributed by atoms with Crippen LogP contribution in [-0.4, -0.2) is 51.9 Å². The van der Waals surface area contributed by atoms with Gasteiger partial charge in [0.1, 0.15) is 11.6 Å². The Morgan fingerprint density at radius 3 is 2.79 bits per heavy atom. The van der Waals surface area contributed by atoms with E-state index in [2.05, 4.69) is 49.5 Å². The second-order valence-electron chi connectivity index (χ2n) is 9.72. The molecular weight excluding hydrogens is 530 g/mol. The van der Waals surface area contributed by atoms with E-state index >= 15 is 0 Å². The molecule has 0 saturated heterocycles. The van der Waals surface area contributed by atoms with Crippen LogP contribution in [0, 0.1) is 0 Å². The largest absolute Gasteiger partial charge is 0.493 e. The summed E-state index contributed by atoms with van der Waals surface area (Å²) in [5.74, 6) is 0.823. The summed E-state index contributed by atoms with van der Waals surface area (Å²) in [7, 11) is 2.04. The Labute approximate surface area is 244 Å². The maximum absolute atomic E-state index is 13.1. The lowest BCUT2D eigenvalue weighted by atomic mass is 10.1. The van der Waals surface area contributed by atoms with Crippen LogP contribution in [-0.2, 0) is 11.3 Å². The van der Waals surface area contributed by atoms with Crippen LogP contribution < -0.4 is 20.7 Å². The molecule has 0 fully saturated rings. The highest BCUT2D eigenvalue weighted by molar-refractivity contribution is 6.04. The Morgan fingerprint density at radius 1 is 1.05 bits per heavy atom. The van der Waals surface area contributed by atoms with Gasteiger partial charge in [-0.1, -0.05) is 30.9 Å². The standard InChI is InChI=1S/C32H31N7O3/c1-3-30(40)38-29-11-10-24(20-34-29)31(41)35-25-16-22-17-26(19-25)36-32-33-13-12-28(37-32)23-8-7-9-27(18-23)42-15-6-4-5-14-39(2)21-22/h3-5,7-13,16-20H,1,6,14-15,21H2,2H3,(H,35,41)(H,33,36,37)(H,34,38,40)/b5-4+. The van der Waals surface area contributed by atoms with Gasteiger partial charge in [0.2, 0.25) is 11.9 Å². The number of ether oxygens (including phenoxy) is 1. The maximum atomic E-state index is 13.1. The summed E-state index contributed by atoms with van der Waals surface area (Å²) in [6.07, 6.45) is 9.30. The molecule has 0 spiro atoms. The van der Waals surface area contributed by atoms with Gasteiger partial charge in [-0.3, -0.25) is 14.5 Å². The van der Waals surface area contributed by atoms with Crippen LogP contribution in [0.4, 0.5) is 23.1 Å². The van der Waals surface area contributed by atoms with Crippen molar-refractivity contribution in [3.8, 4) is 17.0 Å². The number of benzene rings is 2. The SMILES string of the molecule is C=CC(=O)Nc1ccc(C(=O)Nc2cc3cc(c2)Nc2nccc(n2)-c2cccc(c2)OCC/C=C/CN(C)C3)cn1. The molecule has 10 heteroatoms. The molecule has 1 aliphatic heterocycles. The number of anilines is 4. The van der Waals surface area contributed by atoms with E-state index < -0.39 is 0 Å². The van der Waals surface area contributed by atoms with Gasteiger partial charge in [-0.15, -0.1) is 0 Å². The predicted molar refractivity (Wildman–Crippen MR) is 164 cm³/mol. The average Bonchev–Trinajstić information content (AvgIpc) is 2.99. The molecule has 2 aromatic carbocycles. The number of amides is 2. The minimum atomic E-state index is -0.378. The molecule has 0 radical (unpaired) electrons. The van der Waals surface area contributed by atoms with Gasteiger partial charge >= 0.3 is 0 Å². The smallest absolute Gasteiger partial charge is 0.257 e. The second kappa shape index (κ2) is 13.3. The lowest BCUT2D eigenvalue weighted by Gasteiger charge is -2.17. The molecular formula is C32H31N7O3. The zero-order valence-corrected chi connectivity index (χ0v) is 23.2. The molecule has 3 heterocycles. The number of carbonyl (C=O) groups excluding carboxylic acids is 2. The Morgan fingerprint density at radius 2 is 1.95 bits per heavy atom. The van der Waals surface area contributed by atoms with Crippen LogP contribution in [0.3, 0.4) is 0 Å². The highest BCUT2D eigenvalue weighted by atomic mass is 16.5. The van der Waals surface area contributed by atoms with E-state index in [9.17, 15) is 9.59 Å². The van der Waals surface area contributed by atoms with Crippen molar-refractivity contribution in [3.05, 3.63) is 109 Å². The number of rotatable bonds is 4. The summed E-state index contributed by atoms with van der Waals surface area (Å²) in [4.78, 5) is 40.1. The molecule has 4 aromatic rings. The Hall–Kier alpha value is -5.35. The third-order valence-corrected chi connectivity index (χ3v) is 6.34. The molecule has 10 nitrogen and oxygen atoms in total. The van der Waals surface area contributed by atoms with Gasteiger partial charge in [-0.25, -0.2) is 15.0 Å². The molecule has 0 saturated carbocycles. The summed E-state index contributed by atoms with van der Waals surface area (Å²) < 4.78 is 5.94. The molecule has 2 aromatic heterocycles. The normalized spacial score (nSPS) is 14.2. The first-order valence-electron chi connectivity index (χ1n) is 13.5. The lowest BCUT2D eigenvalue weighted by molar-refractivity contribution is -0.111. The zero-order valence-electron chi connectivity index (χ0n) is 23.2. The molecule has 6 bridgehead atoms. The van der Waals surface area contributed by atoms with Gasteiger partial charge in [-0.2, -0.15) is 0 Å². The van der Waals surface area contributed by atoms with Crippen LogP contribution in [0.2, 0.25) is 0 Å². The van der Waals surface area contributed by atoms with Gasteiger partial charge < -0.3 is 20.7 Å². The van der Waals surface area contributed by atoms with Crippen molar-refractivity contribution in [1.82, 2.24) is 19.9 Å². The number of fused-ring (bicyclic) bond motifs is 7. The minimum Gasteiger partial charge on any atom is -0.493 e. The first-order valence-corrected chi connectivity index (χ1v) is 13.5. The highest BCUT2D eigenvalue weighted by Gasteiger charge is 2.12. The first-order chi connectivity index (χ1) is 20.4. The number of pyridine rings is 1. The first kappa shape index (κ1) is 28.2. The molecule has 42 heavy (non-hydrogen) atoms. The van der Waals surface area contributed by atoms with Crippen molar-refractivity contribution >= 4 is 35.0 Å². The highest BCUT2D eigenvalue weighted by Crippen LogP contribution is 2.26. The summed E-state index contributed by atoms with van der Waals surface area (Å²) >= 11 is 0. The molecule has 0 atom stereocenters. The fourth-order valence-corrected chi connectivity index (χ4v) is 4.36. The third kappa shape index (κ3) is 7.64. The Kier molecular flexibility index (Phi) is 8.95. The van der Waals surface area contributed by atoms with Gasteiger partial charge in [-0.05, 0) is 73.6 Å². The zero-order chi connectivity index (χ0) is 29.3. The van der Waals surface area contributed by atoms with Crippen molar-refractivity contribution in [1.29, 1.82) is 0 Å². The molecule has 5 rings (SSSR count). The summed E-state index contributed by atoms with van der Waals surface area (Å²) in [5, 5.41) is 8.83. The molecule has 0 unspecified atom stereocenters. The molecule has 1 aliphatic rings. The number of carbonyl (C=O) groups is 2. The van der Waals surface area contributed by atoms with Crippen LogP contribution in [0.15, 0.2) is 97.9 Å². The van der Waals surface area contributed by atoms with Crippen LogP contribution in [0.1, 0.15) is 22.3 Å². The summed E-state index contributed by atoms with van der Waals surface area (Å²) in [6.45, 7) is 5.39. The fraction of sp³-hybridized carbons (Fsp3) is 0.156. The van der Waals surface area contributed by atoms with Crippen molar-refractivity contribution in [2.24, 2.45) is 0 Å². The fourth-order valence-electron chi connectivity index (χ4n) is 4.36. The quantitative estimate of drug-likeness (QED) is 0.223. The van der Waals surface area contributed by atoms with Crippen LogP contribution in [0.25, 0.3) is 11.3 Å². The van der Waals surface area contributed by atoms with E-state index in [1.807, 2.05) is 55.6 Å². The van der Waals surface area contributed by atoms with E-state index in [1.165, 1.54) is 6.20 Å². The number of nitrogens with zero attached hydrogens (tertiary/aromatic N) is 4. The van der Waals surface area contributed by atoms with Gasteiger partial charge in [0.25, 0.3) is 5.91 Å². The number of aromatic nitrogens is 3. The van der Waals surface area contributed by atoms with Crippen molar-refractivity contribution in [3.63, 3.8) is 0 Å². The lowest BCUT2D eigenvalue weighted by Crippen LogP contribution is -2.18. The van der Waals surface area contributed by atoms with E-state index in [-0.39, 0.29) is 11.8 Å². The molecule has 3 N–H and O–H groups in total. The maximum Gasteiger partial charge on any atom is 0.257 e. The van der Waals surface area contributed by atoms with Crippen molar-refractivity contribution in [2.75, 3.05) is 36.1 Å². The van der Waals surface area contributed by atoms with Gasteiger partial charge in [0.05, 0.1) is 17.9 Å². The van der Waals surface area contributed by atoms with Crippen molar-refractivity contribution in [2.45, 2.75) is 13.0 Å². The average molecular weight is 562 g/mol. The molecule has 0 aliphatic carbocycles. The number of likely N-dealkylation sites (N-methyl/N-ethyl adjacent to an activating group) is 1. The molecule has 2 amide bonds. The van der Waals surface area contributed by atoms with Crippen molar-refractivity contribution < 1.29 is 14.3 Å². The van der Waals surface area contributed by atoms with Gasteiger partial charge in [0.15, 0.2) is 0 Å². The molecule has 212 valence electrons. The Bertz CT molecular complexity index is 1620. The van der Waals surface area contributed by atoms with Crippen LogP contribution >= 0.6 is 0 Å². The van der Waals surface area contributed by atoms with E-state index in [0.717, 1.165) is 47.3 Å². The van der Waals surface area contributed by atoms with E-state index in [0.29, 0.717) is 36.2 Å².